The fourth-order valence-electron chi connectivity index (χ4n) is 2.37. The van der Waals surface area contributed by atoms with Crippen molar-refractivity contribution >= 4 is 34.3 Å². The Morgan fingerprint density at radius 1 is 1.13 bits per heavy atom. The van der Waals surface area contributed by atoms with Gasteiger partial charge in [-0.15, -0.1) is 11.3 Å². The van der Waals surface area contributed by atoms with Crippen molar-refractivity contribution in [1.82, 2.24) is 5.43 Å². The summed E-state index contributed by atoms with van der Waals surface area (Å²) in [5, 5.41) is 10.5. The summed E-state index contributed by atoms with van der Waals surface area (Å²) in [6.45, 7) is 1.43. The fraction of sp³-hybridized carbons (Fsp3) is 0.100. The second kappa shape index (κ2) is 10.4. The first-order chi connectivity index (χ1) is 14.3. The zero-order valence-electron chi connectivity index (χ0n) is 15.9. The lowest BCUT2D eigenvalue weighted by molar-refractivity contribution is -0.109. The van der Waals surface area contributed by atoms with E-state index < -0.39 is 23.8 Å². The van der Waals surface area contributed by atoms with Gasteiger partial charge in [-0.1, -0.05) is 30.3 Å². The molecule has 0 aliphatic carbocycles. The molecule has 0 aliphatic rings. The number of hydrazine groups is 1. The van der Waals surface area contributed by atoms with Crippen LogP contribution in [-0.4, -0.2) is 23.5 Å². The highest BCUT2D eigenvalue weighted by atomic mass is 32.1. The number of benzene rings is 2. The molecule has 30 heavy (non-hydrogen) atoms. The van der Waals surface area contributed by atoms with Crippen LogP contribution in [0.2, 0.25) is 0 Å². The van der Waals surface area contributed by atoms with Crippen molar-refractivity contribution in [3.8, 4) is 11.1 Å². The summed E-state index contributed by atoms with van der Waals surface area (Å²) in [4.78, 5) is 21.1. The number of hydrogen-bond donors (Lipinski definition) is 5. The number of anilines is 2. The van der Waals surface area contributed by atoms with E-state index in [4.69, 9.17) is 16.6 Å². The average molecular weight is 434 g/mol. The maximum absolute atomic E-state index is 13.8. The lowest BCUT2D eigenvalue weighted by Crippen LogP contribution is -2.42. The number of nitrogen functional groups attached to an aromatic ring is 1. The summed E-state index contributed by atoms with van der Waals surface area (Å²) in [6.07, 6.45) is -0.0548. The maximum Gasteiger partial charge on any atom is 0.339 e. The molecule has 1 heterocycles. The third kappa shape index (κ3) is 5.60. The molecule has 7 N–H and O–H groups in total. The minimum atomic E-state index is -1.26. The third-order valence-corrected chi connectivity index (χ3v) is 4.71. The number of nitrogens with one attached hydrogen (secondary N) is 2. The van der Waals surface area contributed by atoms with E-state index in [1.807, 2.05) is 30.3 Å². The molecule has 0 radical (unpaired) electrons. The highest BCUT2D eigenvalue weighted by molar-refractivity contribution is 7.14. The summed E-state index contributed by atoms with van der Waals surface area (Å²) >= 11 is 0.981. The van der Waals surface area contributed by atoms with Gasteiger partial charge in [0, 0.05) is 22.2 Å². The molecule has 158 valence electrons. The summed E-state index contributed by atoms with van der Waals surface area (Å²) in [5.41, 5.74) is 17.0. The molecule has 2 aromatic carbocycles. The summed E-state index contributed by atoms with van der Waals surface area (Å²) in [5.74, 6) is -3.30. The van der Waals surface area contributed by atoms with Crippen molar-refractivity contribution in [2.45, 2.75) is 13.1 Å². The Morgan fingerprint density at radius 2 is 1.80 bits per heavy atom. The first-order valence-electron chi connectivity index (χ1n) is 8.59. The van der Waals surface area contributed by atoms with Crippen molar-refractivity contribution in [3.05, 3.63) is 70.6 Å². The van der Waals surface area contributed by atoms with Gasteiger partial charge in [-0.25, -0.2) is 19.0 Å². The first kappa shape index (κ1) is 22.9. The number of carbonyl (C=O) groups is 2. The monoisotopic (exact) mass is 434 g/mol. The van der Waals surface area contributed by atoms with Crippen LogP contribution in [0.5, 0.6) is 0 Å². The van der Waals surface area contributed by atoms with Crippen molar-refractivity contribution in [2.75, 3.05) is 11.2 Å². The molecule has 0 aliphatic heterocycles. The van der Waals surface area contributed by atoms with Gasteiger partial charge in [-0.05, 0) is 24.6 Å². The highest BCUT2D eigenvalue weighted by Gasteiger charge is 2.22. The van der Waals surface area contributed by atoms with Crippen molar-refractivity contribution in [2.24, 2.45) is 5.73 Å². The van der Waals surface area contributed by atoms with Crippen LogP contribution in [0.3, 0.4) is 0 Å². The van der Waals surface area contributed by atoms with Crippen molar-refractivity contribution in [3.63, 3.8) is 0 Å². The molecule has 0 spiro atoms. The Bertz CT molecular complexity index is 1030. The first-order valence-corrected chi connectivity index (χ1v) is 9.46. The molecule has 0 amide bonds. The second-order valence-corrected chi connectivity index (χ2v) is 6.96. The highest BCUT2D eigenvalue weighted by Crippen LogP contribution is 2.36. The molecular weight excluding hydrogens is 414 g/mol. The Morgan fingerprint density at radius 3 is 2.40 bits per heavy atom. The van der Waals surface area contributed by atoms with E-state index >= 15 is 0 Å². The molecule has 7 nitrogen and oxygen atoms in total. The van der Waals surface area contributed by atoms with Crippen molar-refractivity contribution < 1.29 is 23.5 Å². The molecule has 3 rings (SSSR count). The number of nitrogens with two attached hydrogens (primary N) is 2. The molecule has 10 heteroatoms. The molecule has 3 aromatic rings. The van der Waals surface area contributed by atoms with Gasteiger partial charge in [0.15, 0.2) is 17.9 Å². The van der Waals surface area contributed by atoms with Gasteiger partial charge in [0.05, 0.1) is 0 Å². The largest absolute Gasteiger partial charge is 0.478 e. The number of carbonyl (C=O) groups excluding carboxylic acids is 1. The molecule has 1 aromatic heterocycles. The number of hydrogen-bond acceptors (Lipinski definition) is 7. The second-order valence-electron chi connectivity index (χ2n) is 6.05. The Hall–Kier alpha value is -3.34. The van der Waals surface area contributed by atoms with Gasteiger partial charge >= 0.3 is 5.97 Å². The van der Waals surface area contributed by atoms with Gasteiger partial charge in [0.2, 0.25) is 0 Å². The zero-order chi connectivity index (χ0) is 22.3. The lowest BCUT2D eigenvalue weighted by atomic mass is 10.0. The van der Waals surface area contributed by atoms with Crippen LogP contribution in [0, 0.1) is 18.6 Å². The Balaban J connectivity index is 0.000000232. The quantitative estimate of drug-likeness (QED) is 0.228. The van der Waals surface area contributed by atoms with Gasteiger partial charge in [0.25, 0.3) is 0 Å². The summed E-state index contributed by atoms with van der Waals surface area (Å²) < 4.78 is 27.3. The SMILES string of the molecule is Cc1ccc(-c2csc(N)c2C(=O)O)c(F)c1F.NC(C=O)NNc1ccccc1. The average Bonchev–Trinajstić information content (AvgIpc) is 3.13. The van der Waals surface area contributed by atoms with E-state index in [-0.39, 0.29) is 27.3 Å². The molecule has 0 saturated heterocycles. The molecular formula is C20H20F2N4O3S. The molecule has 0 fully saturated rings. The van der Waals surface area contributed by atoms with Crippen LogP contribution in [-0.2, 0) is 4.79 Å². The predicted octanol–water partition coefficient (Wildman–Crippen LogP) is 3.37. The molecule has 0 saturated carbocycles. The van der Waals surface area contributed by atoms with Crippen LogP contribution < -0.4 is 22.3 Å². The number of carboxylic acids is 1. The number of aromatic carboxylic acids is 1. The number of aldehydes is 1. The minimum absolute atomic E-state index is 0.0675. The summed E-state index contributed by atoms with van der Waals surface area (Å²) in [6, 6.07) is 12.2. The number of carboxylic acid groups (broad SMARTS) is 1. The standard InChI is InChI=1S/C12H9F2NO2S.C8H11N3O/c1-5-2-3-6(10(14)9(5)13)7-4-18-11(15)8(7)12(16)17;9-8(6-12)11-10-7-4-2-1-3-5-7/h2-4H,15H2,1H3,(H,16,17);1-6,8,10-11H,9H2. The number of halogens is 2. The van der Waals surface area contributed by atoms with Crippen LogP contribution >= 0.6 is 11.3 Å². The van der Waals surface area contributed by atoms with Crippen LogP contribution in [0.15, 0.2) is 47.8 Å². The van der Waals surface area contributed by atoms with Crippen LogP contribution in [0.4, 0.5) is 19.5 Å². The number of rotatable bonds is 6. The number of para-hydroxylation sites is 1. The zero-order valence-corrected chi connectivity index (χ0v) is 16.7. The lowest BCUT2D eigenvalue weighted by Gasteiger charge is -2.09. The van der Waals surface area contributed by atoms with E-state index in [9.17, 15) is 18.4 Å². The van der Waals surface area contributed by atoms with E-state index in [0.29, 0.717) is 6.29 Å². The van der Waals surface area contributed by atoms with Gasteiger partial charge in [-0.2, -0.15) is 0 Å². The van der Waals surface area contributed by atoms with Crippen molar-refractivity contribution in [1.29, 1.82) is 0 Å². The third-order valence-electron chi connectivity index (χ3n) is 3.90. The van der Waals surface area contributed by atoms with Gasteiger partial charge < -0.3 is 26.8 Å². The maximum atomic E-state index is 13.8. The summed E-state index contributed by atoms with van der Waals surface area (Å²) in [7, 11) is 0. The fourth-order valence-corrected chi connectivity index (χ4v) is 3.17. The Kier molecular flexibility index (Phi) is 7.98. The number of thiophene rings is 1. The topological polar surface area (TPSA) is 130 Å². The van der Waals surface area contributed by atoms with E-state index in [1.165, 1.54) is 24.4 Å². The smallest absolute Gasteiger partial charge is 0.339 e. The minimum Gasteiger partial charge on any atom is -0.478 e. The van der Waals surface area contributed by atoms with E-state index in [1.54, 1.807) is 0 Å². The normalized spacial score (nSPS) is 11.2. The van der Waals surface area contributed by atoms with Crippen LogP contribution in [0.1, 0.15) is 15.9 Å². The van der Waals surface area contributed by atoms with Crippen LogP contribution in [0.25, 0.3) is 11.1 Å². The molecule has 0 bridgehead atoms. The molecule has 1 unspecified atom stereocenters. The van der Waals surface area contributed by atoms with Gasteiger partial charge in [-0.3, -0.25) is 0 Å². The Labute approximate surface area is 175 Å². The predicted molar refractivity (Wildman–Crippen MR) is 113 cm³/mol. The van der Waals surface area contributed by atoms with E-state index in [0.717, 1.165) is 17.0 Å². The number of aryl methyl sites for hydroxylation is 1. The van der Waals surface area contributed by atoms with E-state index in [2.05, 4.69) is 10.9 Å². The molecule has 1 atom stereocenters. The van der Waals surface area contributed by atoms with Gasteiger partial charge in [0.1, 0.15) is 16.7 Å².